The zero-order valence-electron chi connectivity index (χ0n) is 8.92. The number of nitrogens with two attached hydrogens (primary N) is 2. The fourth-order valence-corrected chi connectivity index (χ4v) is 1.52. The number of hydrazone groups is 1. The monoisotopic (exact) mass is 245 g/mol. The van der Waals surface area contributed by atoms with Gasteiger partial charge in [-0.2, -0.15) is 5.10 Å². The number of nitrogens with one attached hydrogen (secondary N) is 1. The molecule has 17 heavy (non-hydrogen) atoms. The molecule has 86 valence electrons. The van der Waals surface area contributed by atoms with Crippen molar-refractivity contribution in [3.05, 3.63) is 36.2 Å². The van der Waals surface area contributed by atoms with Gasteiger partial charge < -0.3 is 11.5 Å². The highest BCUT2D eigenvalue weighted by atomic mass is 32.1. The number of rotatable bonds is 2. The SMILES string of the molecule is NC(=S)N/N=C/c1nccc2ccc(N)cc12. The van der Waals surface area contributed by atoms with Crippen molar-refractivity contribution in [3.63, 3.8) is 0 Å². The van der Waals surface area contributed by atoms with Crippen LogP contribution >= 0.6 is 12.2 Å². The topological polar surface area (TPSA) is 89.3 Å². The van der Waals surface area contributed by atoms with E-state index >= 15 is 0 Å². The Kier molecular flexibility index (Phi) is 3.15. The second-order valence-electron chi connectivity index (χ2n) is 3.41. The summed E-state index contributed by atoms with van der Waals surface area (Å²) in [5.74, 6) is 0. The molecule has 0 atom stereocenters. The maximum Gasteiger partial charge on any atom is 0.184 e. The molecule has 0 spiro atoms. The molecule has 1 aromatic heterocycles. The van der Waals surface area contributed by atoms with Crippen molar-refractivity contribution in [2.24, 2.45) is 10.8 Å². The lowest BCUT2D eigenvalue weighted by Crippen LogP contribution is -2.24. The minimum absolute atomic E-state index is 0.112. The van der Waals surface area contributed by atoms with E-state index in [1.54, 1.807) is 12.4 Å². The maximum atomic E-state index is 5.74. The highest BCUT2D eigenvalue weighted by Gasteiger charge is 2.00. The Balaban J connectivity index is 2.43. The molecule has 1 heterocycles. The molecule has 6 heteroatoms. The molecule has 0 saturated carbocycles. The highest BCUT2D eigenvalue weighted by molar-refractivity contribution is 7.80. The zero-order valence-corrected chi connectivity index (χ0v) is 9.74. The van der Waals surface area contributed by atoms with Crippen molar-refractivity contribution < 1.29 is 0 Å². The minimum Gasteiger partial charge on any atom is -0.399 e. The van der Waals surface area contributed by atoms with E-state index in [9.17, 15) is 0 Å². The number of hydrogen-bond acceptors (Lipinski definition) is 4. The largest absolute Gasteiger partial charge is 0.399 e. The van der Waals surface area contributed by atoms with Crippen molar-refractivity contribution >= 4 is 40.0 Å². The van der Waals surface area contributed by atoms with E-state index in [-0.39, 0.29) is 5.11 Å². The fraction of sp³-hybridized carbons (Fsp3) is 0. The minimum atomic E-state index is 0.112. The molecule has 0 aliphatic heterocycles. The van der Waals surface area contributed by atoms with Crippen molar-refractivity contribution in [2.45, 2.75) is 0 Å². The summed E-state index contributed by atoms with van der Waals surface area (Å²) >= 11 is 4.64. The molecule has 1 aromatic carbocycles. The van der Waals surface area contributed by atoms with E-state index in [0.717, 1.165) is 10.8 Å². The summed E-state index contributed by atoms with van der Waals surface area (Å²) in [5.41, 5.74) is 14.9. The van der Waals surface area contributed by atoms with Gasteiger partial charge in [0.1, 0.15) is 0 Å². The van der Waals surface area contributed by atoms with E-state index in [1.165, 1.54) is 0 Å². The number of thiocarbonyl (C=S) groups is 1. The number of aromatic nitrogens is 1. The summed E-state index contributed by atoms with van der Waals surface area (Å²) in [6.07, 6.45) is 3.27. The molecular weight excluding hydrogens is 234 g/mol. The molecule has 0 radical (unpaired) electrons. The van der Waals surface area contributed by atoms with E-state index in [2.05, 4.69) is 27.7 Å². The third-order valence-electron chi connectivity index (χ3n) is 2.18. The quantitative estimate of drug-likeness (QED) is 0.318. The van der Waals surface area contributed by atoms with E-state index < -0.39 is 0 Å². The third-order valence-corrected chi connectivity index (χ3v) is 2.27. The Morgan fingerprint density at radius 1 is 1.41 bits per heavy atom. The fourth-order valence-electron chi connectivity index (χ4n) is 1.47. The first-order valence-corrected chi connectivity index (χ1v) is 5.30. The lowest BCUT2D eigenvalue weighted by atomic mass is 10.1. The molecule has 0 aliphatic carbocycles. The van der Waals surface area contributed by atoms with Crippen LogP contribution in [0, 0.1) is 0 Å². The predicted molar refractivity (Wildman–Crippen MR) is 73.7 cm³/mol. The highest BCUT2D eigenvalue weighted by Crippen LogP contribution is 2.18. The number of fused-ring (bicyclic) bond motifs is 1. The molecule has 0 saturated heterocycles. The summed E-state index contributed by atoms with van der Waals surface area (Å²) in [6, 6.07) is 7.54. The van der Waals surface area contributed by atoms with Gasteiger partial charge in [0.05, 0.1) is 11.9 Å². The molecular formula is C11H11N5S. The van der Waals surface area contributed by atoms with Crippen LogP contribution < -0.4 is 16.9 Å². The third kappa shape index (κ3) is 2.67. The summed E-state index contributed by atoms with van der Waals surface area (Å²) in [4.78, 5) is 4.22. The van der Waals surface area contributed by atoms with Crippen LogP contribution in [0.3, 0.4) is 0 Å². The van der Waals surface area contributed by atoms with Gasteiger partial charge in [-0.15, -0.1) is 0 Å². The molecule has 0 aliphatic rings. The van der Waals surface area contributed by atoms with Gasteiger partial charge in [0.25, 0.3) is 0 Å². The van der Waals surface area contributed by atoms with Gasteiger partial charge in [-0.3, -0.25) is 10.4 Å². The molecule has 2 rings (SSSR count). The van der Waals surface area contributed by atoms with E-state index in [4.69, 9.17) is 11.5 Å². The van der Waals surface area contributed by atoms with Gasteiger partial charge in [-0.05, 0) is 35.8 Å². The Morgan fingerprint density at radius 2 is 2.24 bits per heavy atom. The standard InChI is InChI=1S/C11H11N5S/c12-8-2-1-7-3-4-14-10(9(7)5-8)6-15-16-11(13)17/h1-6H,12H2,(H3,13,16,17)/b15-6+. The number of anilines is 1. The van der Waals surface area contributed by atoms with Crippen LogP contribution in [-0.2, 0) is 0 Å². The first-order chi connectivity index (χ1) is 8.16. The van der Waals surface area contributed by atoms with Gasteiger partial charge in [0.15, 0.2) is 5.11 Å². The van der Waals surface area contributed by atoms with Gasteiger partial charge in [-0.25, -0.2) is 0 Å². The molecule has 2 aromatic rings. The smallest absolute Gasteiger partial charge is 0.184 e. The van der Waals surface area contributed by atoms with Crippen LogP contribution in [0.25, 0.3) is 10.8 Å². The van der Waals surface area contributed by atoms with Crippen LogP contribution in [0.4, 0.5) is 5.69 Å². The first-order valence-electron chi connectivity index (χ1n) is 4.89. The normalized spacial score (nSPS) is 10.8. The van der Waals surface area contributed by atoms with Crippen molar-refractivity contribution in [2.75, 3.05) is 5.73 Å². The first kappa shape index (κ1) is 11.3. The van der Waals surface area contributed by atoms with Crippen LogP contribution in [0.2, 0.25) is 0 Å². The zero-order chi connectivity index (χ0) is 12.3. The molecule has 0 amide bonds. The second kappa shape index (κ2) is 4.75. The average molecular weight is 245 g/mol. The molecule has 5 nitrogen and oxygen atoms in total. The van der Waals surface area contributed by atoms with E-state index in [1.807, 2.05) is 24.3 Å². The average Bonchev–Trinajstić information content (AvgIpc) is 2.29. The maximum absolute atomic E-state index is 5.74. The van der Waals surface area contributed by atoms with Crippen molar-refractivity contribution in [3.8, 4) is 0 Å². The van der Waals surface area contributed by atoms with Gasteiger partial charge in [-0.1, -0.05) is 6.07 Å². The van der Waals surface area contributed by atoms with Crippen LogP contribution in [0.5, 0.6) is 0 Å². The van der Waals surface area contributed by atoms with Gasteiger partial charge in [0, 0.05) is 17.3 Å². The van der Waals surface area contributed by atoms with Crippen molar-refractivity contribution in [1.82, 2.24) is 10.4 Å². The van der Waals surface area contributed by atoms with Crippen LogP contribution in [0.1, 0.15) is 5.69 Å². The lowest BCUT2D eigenvalue weighted by molar-refractivity contribution is 1.04. The summed E-state index contributed by atoms with van der Waals surface area (Å²) < 4.78 is 0. The number of nitrogen functional groups attached to an aromatic ring is 1. The number of pyridine rings is 1. The molecule has 0 unspecified atom stereocenters. The predicted octanol–water partition coefficient (Wildman–Crippen LogP) is 0.984. The Labute approximate surface area is 104 Å². The summed E-state index contributed by atoms with van der Waals surface area (Å²) in [5, 5.41) is 5.97. The Hall–Kier alpha value is -2.21. The second-order valence-corrected chi connectivity index (χ2v) is 3.85. The lowest BCUT2D eigenvalue weighted by Gasteiger charge is -2.02. The summed E-state index contributed by atoms with van der Waals surface area (Å²) in [7, 11) is 0. The van der Waals surface area contributed by atoms with Gasteiger partial charge >= 0.3 is 0 Å². The van der Waals surface area contributed by atoms with Crippen LogP contribution in [0.15, 0.2) is 35.6 Å². The Bertz CT molecular complexity index is 593. The summed E-state index contributed by atoms with van der Waals surface area (Å²) in [6.45, 7) is 0. The molecule has 0 fully saturated rings. The van der Waals surface area contributed by atoms with Crippen molar-refractivity contribution in [1.29, 1.82) is 0 Å². The molecule has 0 bridgehead atoms. The number of hydrogen-bond donors (Lipinski definition) is 3. The number of benzene rings is 1. The van der Waals surface area contributed by atoms with Crippen LogP contribution in [-0.4, -0.2) is 16.3 Å². The van der Waals surface area contributed by atoms with Gasteiger partial charge in [0.2, 0.25) is 0 Å². The van der Waals surface area contributed by atoms with E-state index in [0.29, 0.717) is 11.4 Å². The molecule has 5 N–H and O–H groups in total. The Morgan fingerprint density at radius 3 is 3.00 bits per heavy atom. The number of nitrogens with zero attached hydrogens (tertiary/aromatic N) is 2.